The van der Waals surface area contributed by atoms with Gasteiger partial charge in [-0.25, -0.2) is 0 Å². The van der Waals surface area contributed by atoms with Gasteiger partial charge in [0.15, 0.2) is 0 Å². The zero-order chi connectivity index (χ0) is 12.8. The van der Waals surface area contributed by atoms with Gasteiger partial charge < -0.3 is 15.4 Å². The van der Waals surface area contributed by atoms with Gasteiger partial charge >= 0.3 is 0 Å². The van der Waals surface area contributed by atoms with Crippen molar-refractivity contribution < 1.29 is 9.53 Å². The number of hydrogen-bond acceptors (Lipinski definition) is 3. The van der Waals surface area contributed by atoms with Gasteiger partial charge in [-0.05, 0) is 30.7 Å². The fraction of sp³-hybridized carbons (Fsp3) is 0.308. The number of nitrogens with two attached hydrogens (primary N) is 1. The smallest absolute Gasteiger partial charge is 0.246 e. The molecule has 1 amide bonds. The number of rotatable bonds is 4. The van der Waals surface area contributed by atoms with Crippen molar-refractivity contribution >= 4 is 17.7 Å². The minimum absolute atomic E-state index is 0.0579. The molecule has 1 rings (SSSR count). The molecule has 0 heterocycles. The van der Waals surface area contributed by atoms with Crippen LogP contribution in [0.4, 0.5) is 5.69 Å². The first-order valence-corrected chi connectivity index (χ1v) is 5.46. The van der Waals surface area contributed by atoms with Crippen LogP contribution in [0.5, 0.6) is 5.75 Å². The summed E-state index contributed by atoms with van der Waals surface area (Å²) in [5, 5.41) is 0. The van der Waals surface area contributed by atoms with Crippen LogP contribution in [-0.2, 0) is 4.79 Å². The fourth-order valence-corrected chi connectivity index (χ4v) is 1.27. The quantitative estimate of drug-likeness (QED) is 0.638. The summed E-state index contributed by atoms with van der Waals surface area (Å²) in [5.41, 5.74) is 7.27. The Morgan fingerprint density at radius 1 is 1.47 bits per heavy atom. The Labute approximate surface area is 102 Å². The Morgan fingerprint density at radius 3 is 2.71 bits per heavy atom. The maximum atomic E-state index is 11.4. The average Bonchev–Trinajstić information content (AvgIpc) is 2.29. The van der Waals surface area contributed by atoms with E-state index in [-0.39, 0.29) is 5.91 Å². The maximum absolute atomic E-state index is 11.4. The lowest BCUT2D eigenvalue weighted by atomic mass is 10.1. The number of nitrogens with zero attached hydrogens (tertiary/aromatic N) is 1. The fourth-order valence-electron chi connectivity index (χ4n) is 1.27. The number of likely N-dealkylation sites (N-methyl/N-ethyl adjacent to an activating group) is 1. The largest absolute Gasteiger partial charge is 0.492 e. The van der Waals surface area contributed by atoms with E-state index in [4.69, 9.17) is 10.5 Å². The Morgan fingerprint density at radius 2 is 2.18 bits per heavy atom. The van der Waals surface area contributed by atoms with Crippen LogP contribution in [0.15, 0.2) is 24.3 Å². The molecule has 0 unspecified atom stereocenters. The summed E-state index contributed by atoms with van der Waals surface area (Å²) >= 11 is 0. The molecule has 0 saturated carbocycles. The van der Waals surface area contributed by atoms with E-state index in [1.54, 1.807) is 32.3 Å². The second-order valence-corrected chi connectivity index (χ2v) is 3.80. The molecule has 4 heteroatoms. The van der Waals surface area contributed by atoms with Crippen molar-refractivity contribution in [3.63, 3.8) is 0 Å². The Hall–Kier alpha value is -1.97. The number of anilines is 1. The number of amides is 1. The third kappa shape index (κ3) is 3.83. The minimum Gasteiger partial charge on any atom is -0.492 e. The second kappa shape index (κ2) is 5.94. The van der Waals surface area contributed by atoms with E-state index in [9.17, 15) is 4.79 Å². The van der Waals surface area contributed by atoms with Crippen molar-refractivity contribution in [2.45, 2.75) is 6.92 Å². The standard InChI is InChI=1S/C13H18N2O2/c1-4-17-12-7-5-10(9-11(12)14)6-8-13(16)15(2)3/h5-9H,4,14H2,1-3H3/b8-6-. The summed E-state index contributed by atoms with van der Waals surface area (Å²) in [7, 11) is 3.42. The predicted molar refractivity (Wildman–Crippen MR) is 69.8 cm³/mol. The molecular formula is C13H18N2O2. The monoisotopic (exact) mass is 234 g/mol. The zero-order valence-corrected chi connectivity index (χ0v) is 10.4. The van der Waals surface area contributed by atoms with Crippen LogP contribution in [-0.4, -0.2) is 31.5 Å². The van der Waals surface area contributed by atoms with E-state index in [0.717, 1.165) is 5.56 Å². The molecule has 1 aromatic carbocycles. The van der Waals surface area contributed by atoms with Crippen molar-refractivity contribution in [3.8, 4) is 5.75 Å². The highest BCUT2D eigenvalue weighted by atomic mass is 16.5. The van der Waals surface area contributed by atoms with Crippen molar-refractivity contribution in [1.82, 2.24) is 4.90 Å². The lowest BCUT2D eigenvalue weighted by Gasteiger charge is -2.07. The van der Waals surface area contributed by atoms with Crippen LogP contribution >= 0.6 is 0 Å². The van der Waals surface area contributed by atoms with E-state index in [1.165, 1.54) is 11.0 Å². The number of nitrogen functional groups attached to an aromatic ring is 1. The lowest BCUT2D eigenvalue weighted by molar-refractivity contribution is -0.123. The second-order valence-electron chi connectivity index (χ2n) is 3.80. The van der Waals surface area contributed by atoms with Crippen LogP contribution in [0.2, 0.25) is 0 Å². The summed E-state index contributed by atoms with van der Waals surface area (Å²) in [5.74, 6) is 0.612. The number of carbonyl (C=O) groups excluding carboxylic acids is 1. The molecule has 0 spiro atoms. The first-order valence-electron chi connectivity index (χ1n) is 5.46. The van der Waals surface area contributed by atoms with Crippen molar-refractivity contribution in [3.05, 3.63) is 29.8 Å². The topological polar surface area (TPSA) is 55.6 Å². The van der Waals surface area contributed by atoms with Gasteiger partial charge in [-0.2, -0.15) is 0 Å². The van der Waals surface area contributed by atoms with E-state index in [2.05, 4.69) is 0 Å². The summed E-state index contributed by atoms with van der Waals surface area (Å²) in [6, 6.07) is 5.45. The average molecular weight is 234 g/mol. The van der Waals surface area contributed by atoms with Crippen molar-refractivity contribution in [2.75, 3.05) is 26.4 Å². The van der Waals surface area contributed by atoms with E-state index in [0.29, 0.717) is 18.0 Å². The van der Waals surface area contributed by atoms with Crippen LogP contribution < -0.4 is 10.5 Å². The van der Waals surface area contributed by atoms with E-state index < -0.39 is 0 Å². The van der Waals surface area contributed by atoms with Gasteiger partial charge in [0.25, 0.3) is 0 Å². The van der Waals surface area contributed by atoms with Gasteiger partial charge in [0.1, 0.15) is 5.75 Å². The molecule has 0 aromatic heterocycles. The van der Waals surface area contributed by atoms with Gasteiger partial charge in [0.2, 0.25) is 5.91 Å². The minimum atomic E-state index is -0.0579. The molecule has 0 radical (unpaired) electrons. The van der Waals surface area contributed by atoms with Gasteiger partial charge in [0, 0.05) is 20.2 Å². The summed E-state index contributed by atoms with van der Waals surface area (Å²) in [4.78, 5) is 12.9. The van der Waals surface area contributed by atoms with Gasteiger partial charge in [0.05, 0.1) is 12.3 Å². The third-order valence-electron chi connectivity index (χ3n) is 2.19. The molecule has 0 bridgehead atoms. The zero-order valence-electron chi connectivity index (χ0n) is 10.4. The normalized spacial score (nSPS) is 10.5. The molecule has 2 N–H and O–H groups in total. The molecule has 0 saturated heterocycles. The van der Waals surface area contributed by atoms with Crippen LogP contribution in [0.3, 0.4) is 0 Å². The molecule has 1 aromatic rings. The highest BCUT2D eigenvalue weighted by Gasteiger charge is 2.01. The lowest BCUT2D eigenvalue weighted by Crippen LogP contribution is -2.18. The van der Waals surface area contributed by atoms with Crippen molar-refractivity contribution in [2.24, 2.45) is 0 Å². The Kier molecular flexibility index (Phi) is 4.57. The summed E-state index contributed by atoms with van der Waals surface area (Å²) in [6.45, 7) is 2.49. The van der Waals surface area contributed by atoms with Crippen LogP contribution in [0.25, 0.3) is 6.08 Å². The molecule has 0 atom stereocenters. The molecule has 17 heavy (non-hydrogen) atoms. The van der Waals surface area contributed by atoms with Crippen LogP contribution in [0.1, 0.15) is 12.5 Å². The molecule has 0 fully saturated rings. The molecule has 4 nitrogen and oxygen atoms in total. The third-order valence-corrected chi connectivity index (χ3v) is 2.19. The number of benzene rings is 1. The van der Waals surface area contributed by atoms with Gasteiger partial charge in [-0.1, -0.05) is 6.07 Å². The Bertz CT molecular complexity index is 425. The highest BCUT2D eigenvalue weighted by molar-refractivity contribution is 5.91. The first-order chi connectivity index (χ1) is 8.04. The molecular weight excluding hydrogens is 216 g/mol. The van der Waals surface area contributed by atoms with E-state index in [1.807, 2.05) is 13.0 Å². The summed E-state index contributed by atoms with van der Waals surface area (Å²) in [6.07, 6.45) is 3.24. The number of carbonyl (C=O) groups is 1. The van der Waals surface area contributed by atoms with E-state index >= 15 is 0 Å². The van der Waals surface area contributed by atoms with Crippen molar-refractivity contribution in [1.29, 1.82) is 0 Å². The molecule has 92 valence electrons. The molecule has 0 aliphatic rings. The Balaban J connectivity index is 2.80. The number of hydrogen-bond donors (Lipinski definition) is 1. The van der Waals surface area contributed by atoms with Gasteiger partial charge in [-0.3, -0.25) is 4.79 Å². The SMILES string of the molecule is CCOc1ccc(/C=C\C(=O)N(C)C)cc1N. The predicted octanol–water partition coefficient (Wildman–Crippen LogP) is 1.77. The highest BCUT2D eigenvalue weighted by Crippen LogP contribution is 2.22. The summed E-state index contributed by atoms with van der Waals surface area (Å²) < 4.78 is 5.33. The van der Waals surface area contributed by atoms with Crippen LogP contribution in [0, 0.1) is 0 Å². The molecule has 0 aliphatic heterocycles. The first kappa shape index (κ1) is 13.1. The van der Waals surface area contributed by atoms with Gasteiger partial charge in [-0.15, -0.1) is 0 Å². The maximum Gasteiger partial charge on any atom is 0.246 e. The number of ether oxygens (including phenoxy) is 1. The molecule has 0 aliphatic carbocycles.